The molecule has 0 radical (unpaired) electrons. The molecule has 0 saturated carbocycles. The SMILES string of the molecule is Cc1c(Cl)nnc(N2CCCC(O)C2)c1C. The standard InChI is InChI=1S/C11H16ClN3O/c1-7-8(2)11(14-13-10(7)12)15-5-3-4-9(16)6-15/h9,16H,3-6H2,1-2H3. The molecule has 4 nitrogen and oxygen atoms in total. The van der Waals surface area contributed by atoms with Crippen LogP contribution in [0.25, 0.3) is 0 Å². The lowest BCUT2D eigenvalue weighted by Gasteiger charge is -2.31. The summed E-state index contributed by atoms with van der Waals surface area (Å²) in [7, 11) is 0. The van der Waals surface area contributed by atoms with Crippen LogP contribution in [0.4, 0.5) is 5.82 Å². The van der Waals surface area contributed by atoms with Gasteiger partial charge in [0.25, 0.3) is 0 Å². The Labute approximate surface area is 100 Å². The van der Waals surface area contributed by atoms with E-state index in [4.69, 9.17) is 11.6 Å². The van der Waals surface area contributed by atoms with Crippen LogP contribution >= 0.6 is 11.6 Å². The molecule has 1 aromatic heterocycles. The zero-order chi connectivity index (χ0) is 11.7. The number of aromatic nitrogens is 2. The van der Waals surface area contributed by atoms with E-state index >= 15 is 0 Å². The second-order valence-electron chi connectivity index (χ2n) is 4.31. The van der Waals surface area contributed by atoms with Crippen molar-refractivity contribution in [1.82, 2.24) is 10.2 Å². The molecular weight excluding hydrogens is 226 g/mol. The van der Waals surface area contributed by atoms with Crippen molar-refractivity contribution in [3.63, 3.8) is 0 Å². The molecule has 1 fully saturated rings. The van der Waals surface area contributed by atoms with E-state index in [2.05, 4.69) is 15.1 Å². The van der Waals surface area contributed by atoms with Crippen molar-refractivity contribution in [2.45, 2.75) is 32.8 Å². The van der Waals surface area contributed by atoms with Gasteiger partial charge in [-0.1, -0.05) is 11.6 Å². The number of hydrogen-bond donors (Lipinski definition) is 1. The van der Waals surface area contributed by atoms with Crippen LogP contribution in [0.5, 0.6) is 0 Å². The number of piperidine rings is 1. The van der Waals surface area contributed by atoms with Crippen molar-refractivity contribution in [1.29, 1.82) is 0 Å². The van der Waals surface area contributed by atoms with Crippen molar-refractivity contribution in [2.24, 2.45) is 0 Å². The minimum atomic E-state index is -0.258. The lowest BCUT2D eigenvalue weighted by molar-refractivity contribution is 0.153. The van der Waals surface area contributed by atoms with Crippen molar-refractivity contribution in [3.05, 3.63) is 16.3 Å². The van der Waals surface area contributed by atoms with Gasteiger partial charge in [0.2, 0.25) is 0 Å². The van der Waals surface area contributed by atoms with Gasteiger partial charge in [0.05, 0.1) is 6.10 Å². The van der Waals surface area contributed by atoms with E-state index in [9.17, 15) is 5.11 Å². The summed E-state index contributed by atoms with van der Waals surface area (Å²) in [5.74, 6) is 0.848. The highest BCUT2D eigenvalue weighted by Crippen LogP contribution is 2.25. The van der Waals surface area contributed by atoms with Gasteiger partial charge < -0.3 is 10.0 Å². The molecule has 1 unspecified atom stereocenters. The number of rotatable bonds is 1. The zero-order valence-electron chi connectivity index (χ0n) is 9.57. The molecular formula is C11H16ClN3O. The molecule has 2 rings (SSSR count). The first kappa shape index (κ1) is 11.6. The summed E-state index contributed by atoms with van der Waals surface area (Å²) in [4.78, 5) is 2.08. The molecule has 1 atom stereocenters. The first-order valence-corrected chi connectivity index (χ1v) is 5.89. The Balaban J connectivity index is 2.29. The number of aliphatic hydroxyl groups excluding tert-OH is 1. The van der Waals surface area contributed by atoms with E-state index in [1.807, 2.05) is 13.8 Å². The second kappa shape index (κ2) is 4.55. The fourth-order valence-electron chi connectivity index (χ4n) is 2.01. The van der Waals surface area contributed by atoms with Gasteiger partial charge in [-0.25, -0.2) is 0 Å². The van der Waals surface area contributed by atoms with Gasteiger partial charge >= 0.3 is 0 Å². The van der Waals surface area contributed by atoms with Gasteiger partial charge in [0, 0.05) is 13.1 Å². The highest BCUT2D eigenvalue weighted by Gasteiger charge is 2.21. The Morgan fingerprint density at radius 1 is 1.31 bits per heavy atom. The van der Waals surface area contributed by atoms with E-state index in [1.165, 1.54) is 0 Å². The van der Waals surface area contributed by atoms with E-state index in [1.54, 1.807) is 0 Å². The Morgan fingerprint density at radius 3 is 2.75 bits per heavy atom. The predicted molar refractivity (Wildman–Crippen MR) is 64.0 cm³/mol. The third-order valence-electron chi connectivity index (χ3n) is 3.14. The number of halogens is 1. The number of hydrogen-bond acceptors (Lipinski definition) is 4. The van der Waals surface area contributed by atoms with E-state index < -0.39 is 0 Å². The van der Waals surface area contributed by atoms with Crippen LogP contribution in [-0.2, 0) is 0 Å². The molecule has 0 aromatic carbocycles. The smallest absolute Gasteiger partial charge is 0.155 e. The largest absolute Gasteiger partial charge is 0.391 e. The zero-order valence-corrected chi connectivity index (χ0v) is 10.3. The molecule has 0 spiro atoms. The summed E-state index contributed by atoms with van der Waals surface area (Å²) >= 11 is 5.91. The Hall–Kier alpha value is -0.870. The minimum Gasteiger partial charge on any atom is -0.391 e. The Morgan fingerprint density at radius 2 is 2.06 bits per heavy atom. The maximum Gasteiger partial charge on any atom is 0.155 e. The quantitative estimate of drug-likeness (QED) is 0.813. The van der Waals surface area contributed by atoms with E-state index in [0.717, 1.165) is 36.3 Å². The molecule has 1 aliphatic heterocycles. The van der Waals surface area contributed by atoms with Crippen molar-refractivity contribution in [3.8, 4) is 0 Å². The topological polar surface area (TPSA) is 49.2 Å². The summed E-state index contributed by atoms with van der Waals surface area (Å²) in [6.45, 7) is 5.49. The molecule has 2 heterocycles. The van der Waals surface area contributed by atoms with Crippen LogP contribution in [0.3, 0.4) is 0 Å². The molecule has 5 heteroatoms. The molecule has 1 saturated heterocycles. The molecule has 0 aliphatic carbocycles. The number of nitrogens with zero attached hydrogens (tertiary/aromatic N) is 3. The van der Waals surface area contributed by atoms with Crippen molar-refractivity contribution >= 4 is 17.4 Å². The average Bonchev–Trinajstić information content (AvgIpc) is 2.26. The fourth-order valence-corrected chi connectivity index (χ4v) is 2.19. The normalized spacial score (nSPS) is 21.2. The third kappa shape index (κ3) is 2.13. The highest BCUT2D eigenvalue weighted by molar-refractivity contribution is 6.30. The number of anilines is 1. The molecule has 1 aliphatic rings. The molecule has 1 aromatic rings. The van der Waals surface area contributed by atoms with Crippen LogP contribution in [0.15, 0.2) is 0 Å². The lowest BCUT2D eigenvalue weighted by Crippen LogP contribution is -2.39. The number of aliphatic hydroxyl groups is 1. The molecule has 0 bridgehead atoms. The van der Waals surface area contributed by atoms with Crippen LogP contribution in [0.1, 0.15) is 24.0 Å². The molecule has 1 N–H and O–H groups in total. The predicted octanol–water partition coefficient (Wildman–Crippen LogP) is 1.71. The van der Waals surface area contributed by atoms with E-state index in [0.29, 0.717) is 11.7 Å². The Bertz CT molecular complexity index is 397. The lowest BCUT2D eigenvalue weighted by atomic mass is 10.1. The van der Waals surface area contributed by atoms with Crippen LogP contribution in [0.2, 0.25) is 5.15 Å². The maximum absolute atomic E-state index is 9.64. The van der Waals surface area contributed by atoms with Crippen LogP contribution in [-0.4, -0.2) is 34.5 Å². The van der Waals surface area contributed by atoms with Gasteiger partial charge in [-0.05, 0) is 37.8 Å². The third-order valence-corrected chi connectivity index (χ3v) is 3.49. The summed E-state index contributed by atoms with van der Waals surface area (Å²) in [5, 5.41) is 18.2. The summed E-state index contributed by atoms with van der Waals surface area (Å²) in [5.41, 5.74) is 2.01. The first-order valence-electron chi connectivity index (χ1n) is 5.52. The van der Waals surface area contributed by atoms with Crippen LogP contribution < -0.4 is 4.90 Å². The first-order chi connectivity index (χ1) is 7.59. The van der Waals surface area contributed by atoms with Crippen molar-refractivity contribution < 1.29 is 5.11 Å². The van der Waals surface area contributed by atoms with Crippen LogP contribution in [0, 0.1) is 13.8 Å². The van der Waals surface area contributed by atoms with Gasteiger partial charge in [-0.2, -0.15) is 0 Å². The minimum absolute atomic E-state index is 0.258. The Kier molecular flexibility index (Phi) is 3.30. The number of β-amino-alcohol motifs (C(OH)–C–C–N with tert-alkyl or cyclic N) is 1. The fraction of sp³-hybridized carbons (Fsp3) is 0.636. The molecule has 16 heavy (non-hydrogen) atoms. The van der Waals surface area contributed by atoms with Gasteiger partial charge in [0.15, 0.2) is 11.0 Å². The van der Waals surface area contributed by atoms with Gasteiger partial charge in [-0.15, -0.1) is 10.2 Å². The van der Waals surface area contributed by atoms with Crippen molar-refractivity contribution in [2.75, 3.05) is 18.0 Å². The summed E-state index contributed by atoms with van der Waals surface area (Å²) < 4.78 is 0. The second-order valence-corrected chi connectivity index (χ2v) is 4.66. The molecule has 0 amide bonds. The maximum atomic E-state index is 9.64. The molecule has 88 valence electrons. The van der Waals surface area contributed by atoms with Gasteiger partial charge in [-0.3, -0.25) is 0 Å². The highest BCUT2D eigenvalue weighted by atomic mass is 35.5. The van der Waals surface area contributed by atoms with Gasteiger partial charge in [0.1, 0.15) is 0 Å². The summed E-state index contributed by atoms with van der Waals surface area (Å²) in [6.07, 6.45) is 1.60. The average molecular weight is 242 g/mol. The van der Waals surface area contributed by atoms with E-state index in [-0.39, 0.29) is 6.10 Å². The monoisotopic (exact) mass is 241 g/mol. The summed E-state index contributed by atoms with van der Waals surface area (Å²) in [6, 6.07) is 0.